The quantitative estimate of drug-likeness (QED) is 0.356. The van der Waals surface area contributed by atoms with E-state index in [1.54, 1.807) is 0 Å². The molecule has 1 atom stereocenters. The predicted molar refractivity (Wildman–Crippen MR) is 126 cm³/mol. The molecule has 5 aromatic rings. The molecule has 1 unspecified atom stereocenters. The van der Waals surface area contributed by atoms with Gasteiger partial charge in [-0.05, 0) is 24.6 Å². The van der Waals surface area contributed by atoms with Crippen LogP contribution in [-0.4, -0.2) is 4.98 Å². The summed E-state index contributed by atoms with van der Waals surface area (Å²) >= 11 is 0. The molecular weight excluding hydrogens is 366 g/mol. The van der Waals surface area contributed by atoms with Crippen LogP contribution in [0.1, 0.15) is 6.92 Å². The molecule has 0 bridgehead atoms. The Kier molecular flexibility index (Phi) is 2.91. The zero-order valence-corrected chi connectivity index (χ0v) is 16.6. The van der Waals surface area contributed by atoms with Crippen molar-refractivity contribution in [2.75, 3.05) is 0 Å². The number of hydrogen-bond acceptors (Lipinski definition) is 1. The van der Waals surface area contributed by atoms with Crippen molar-refractivity contribution in [3.05, 3.63) is 95.1 Å². The maximum Gasteiger partial charge on any atom is 0.144 e. The number of furan rings is 1. The second kappa shape index (κ2) is 5.43. The topological polar surface area (TPSA) is 28.9 Å². The number of aromatic amines is 1. The van der Waals surface area contributed by atoms with Gasteiger partial charge in [-0.2, -0.15) is 0 Å². The second-order valence-electron chi connectivity index (χ2n) is 8.48. The van der Waals surface area contributed by atoms with Crippen LogP contribution in [0.15, 0.2) is 88.9 Å². The van der Waals surface area contributed by atoms with E-state index in [2.05, 4.69) is 96.9 Å². The van der Waals surface area contributed by atoms with Gasteiger partial charge >= 0.3 is 0 Å². The average Bonchev–Trinajstić information content (AvgIpc) is 3.27. The lowest BCUT2D eigenvalue weighted by atomic mass is 9.79. The molecule has 0 amide bonds. The van der Waals surface area contributed by atoms with Crippen molar-refractivity contribution >= 4 is 55.8 Å². The number of para-hydroxylation sites is 1. The number of nitrogens with one attached hydrogen (secondary N) is 1. The molecule has 0 fully saturated rings. The van der Waals surface area contributed by atoms with Crippen molar-refractivity contribution in [1.29, 1.82) is 0 Å². The first-order chi connectivity index (χ1) is 14.7. The van der Waals surface area contributed by atoms with Crippen molar-refractivity contribution in [1.82, 2.24) is 4.98 Å². The molecule has 2 aliphatic rings. The van der Waals surface area contributed by atoms with Gasteiger partial charge in [-0.3, -0.25) is 0 Å². The summed E-state index contributed by atoms with van der Waals surface area (Å²) in [6, 6.07) is 16.9. The van der Waals surface area contributed by atoms with E-state index in [1.807, 2.05) is 6.07 Å². The molecular formula is C28H19NO. The Bertz CT molecular complexity index is 1750. The minimum Gasteiger partial charge on any atom is -0.455 e. The summed E-state index contributed by atoms with van der Waals surface area (Å²) in [6.45, 7) is 2.27. The third kappa shape index (κ3) is 1.93. The maximum atomic E-state index is 6.40. The molecule has 0 spiro atoms. The Morgan fingerprint density at radius 1 is 0.833 bits per heavy atom. The lowest BCUT2D eigenvalue weighted by Gasteiger charge is -2.25. The number of rotatable bonds is 0. The van der Waals surface area contributed by atoms with Gasteiger partial charge < -0.3 is 9.40 Å². The van der Waals surface area contributed by atoms with Gasteiger partial charge in [-0.15, -0.1) is 0 Å². The molecule has 2 nitrogen and oxygen atoms in total. The first kappa shape index (κ1) is 16.1. The van der Waals surface area contributed by atoms with Gasteiger partial charge in [0.05, 0.1) is 5.52 Å². The first-order valence-electron chi connectivity index (χ1n) is 10.4. The van der Waals surface area contributed by atoms with Crippen molar-refractivity contribution < 1.29 is 4.42 Å². The Balaban J connectivity index is 1.81. The van der Waals surface area contributed by atoms with Gasteiger partial charge in [0, 0.05) is 42.9 Å². The van der Waals surface area contributed by atoms with Crippen molar-refractivity contribution in [2.45, 2.75) is 6.92 Å². The summed E-state index contributed by atoms with van der Waals surface area (Å²) in [5, 5.41) is 8.35. The van der Waals surface area contributed by atoms with E-state index in [9.17, 15) is 0 Å². The normalized spacial score (nSPS) is 20.1. The monoisotopic (exact) mass is 385 g/mol. The molecule has 0 radical (unpaired) electrons. The minimum absolute atomic E-state index is 0.120. The van der Waals surface area contributed by atoms with Crippen LogP contribution in [0.5, 0.6) is 0 Å². The Morgan fingerprint density at radius 3 is 2.53 bits per heavy atom. The second-order valence-corrected chi connectivity index (χ2v) is 8.48. The van der Waals surface area contributed by atoms with E-state index < -0.39 is 0 Å². The van der Waals surface area contributed by atoms with Crippen molar-refractivity contribution in [3.63, 3.8) is 0 Å². The van der Waals surface area contributed by atoms with Crippen LogP contribution in [0, 0.1) is 5.41 Å². The molecule has 2 heterocycles. The molecule has 0 aliphatic heterocycles. The highest BCUT2D eigenvalue weighted by atomic mass is 16.3. The van der Waals surface area contributed by atoms with E-state index in [-0.39, 0.29) is 5.41 Å². The molecule has 30 heavy (non-hydrogen) atoms. The third-order valence-electron chi connectivity index (χ3n) is 6.68. The number of benzene rings is 3. The summed E-state index contributed by atoms with van der Waals surface area (Å²) in [6.07, 6.45) is 15.6. The van der Waals surface area contributed by atoms with E-state index >= 15 is 0 Å². The van der Waals surface area contributed by atoms with Crippen LogP contribution in [-0.2, 0) is 0 Å². The fourth-order valence-electron chi connectivity index (χ4n) is 5.19. The Labute approximate surface area is 172 Å². The molecule has 142 valence electrons. The lowest BCUT2D eigenvalue weighted by Crippen LogP contribution is -2.25. The zero-order chi connectivity index (χ0) is 19.9. The highest BCUT2D eigenvalue weighted by Crippen LogP contribution is 2.39. The van der Waals surface area contributed by atoms with Gasteiger partial charge in [-0.1, -0.05) is 78.9 Å². The number of H-pyrrole nitrogens is 1. The SMILES string of the molecule is CC12C=CC=CC1=CC=c1c([nH]c3c4ccccc4c4oc5ccccc5c4c13)=C2. The summed E-state index contributed by atoms with van der Waals surface area (Å²) in [4.78, 5) is 3.78. The predicted octanol–water partition coefficient (Wildman–Crippen LogP) is 5.85. The third-order valence-corrected chi connectivity index (χ3v) is 6.68. The Morgan fingerprint density at radius 2 is 1.63 bits per heavy atom. The summed E-state index contributed by atoms with van der Waals surface area (Å²) < 4.78 is 6.40. The smallest absolute Gasteiger partial charge is 0.144 e. The molecule has 0 saturated heterocycles. The van der Waals surface area contributed by atoms with Gasteiger partial charge in [0.15, 0.2) is 0 Å². The van der Waals surface area contributed by atoms with Crippen LogP contribution in [0.2, 0.25) is 0 Å². The molecule has 7 rings (SSSR count). The largest absolute Gasteiger partial charge is 0.455 e. The van der Waals surface area contributed by atoms with Gasteiger partial charge in [0.1, 0.15) is 11.2 Å². The fraction of sp³-hybridized carbons (Fsp3) is 0.0714. The summed E-state index contributed by atoms with van der Waals surface area (Å²) in [7, 11) is 0. The lowest BCUT2D eigenvalue weighted by molar-refractivity contribution is 0.673. The van der Waals surface area contributed by atoms with Crippen LogP contribution in [0.25, 0.3) is 55.8 Å². The van der Waals surface area contributed by atoms with E-state index in [1.165, 1.54) is 43.2 Å². The number of fused-ring (bicyclic) bond motifs is 11. The molecule has 2 aliphatic carbocycles. The van der Waals surface area contributed by atoms with Gasteiger partial charge in [0.2, 0.25) is 0 Å². The van der Waals surface area contributed by atoms with Crippen LogP contribution >= 0.6 is 0 Å². The van der Waals surface area contributed by atoms with Gasteiger partial charge in [-0.25, -0.2) is 0 Å². The number of aromatic nitrogens is 1. The number of allylic oxidation sites excluding steroid dienone is 6. The Hall–Kier alpha value is -3.78. The molecule has 0 saturated carbocycles. The van der Waals surface area contributed by atoms with Crippen LogP contribution in [0.3, 0.4) is 0 Å². The van der Waals surface area contributed by atoms with Crippen molar-refractivity contribution in [3.8, 4) is 0 Å². The molecule has 3 aromatic carbocycles. The zero-order valence-electron chi connectivity index (χ0n) is 16.6. The van der Waals surface area contributed by atoms with E-state index in [0.717, 1.165) is 16.6 Å². The molecule has 2 heteroatoms. The first-order valence-corrected chi connectivity index (χ1v) is 10.4. The molecule has 2 aromatic heterocycles. The highest BCUT2D eigenvalue weighted by Gasteiger charge is 2.25. The molecule has 1 N–H and O–H groups in total. The standard InChI is InChI=1S/C28H19NO/c1-28-15-7-6-8-17(28)13-14-20-22(16-28)29-26-18-9-2-3-10-19(18)27-25(24(20)26)21-11-4-5-12-23(21)30-27/h2-16,29H,1H3. The van der Waals surface area contributed by atoms with Gasteiger partial charge in [0.25, 0.3) is 0 Å². The maximum absolute atomic E-state index is 6.40. The van der Waals surface area contributed by atoms with Crippen LogP contribution < -0.4 is 10.6 Å². The van der Waals surface area contributed by atoms with Crippen molar-refractivity contribution in [2.24, 2.45) is 5.41 Å². The number of hydrogen-bond donors (Lipinski definition) is 1. The average molecular weight is 385 g/mol. The highest BCUT2D eigenvalue weighted by molar-refractivity contribution is 6.29. The van der Waals surface area contributed by atoms with Crippen LogP contribution in [0.4, 0.5) is 0 Å². The minimum atomic E-state index is -0.120. The van der Waals surface area contributed by atoms with E-state index in [0.29, 0.717) is 0 Å². The summed E-state index contributed by atoms with van der Waals surface area (Å²) in [5.41, 5.74) is 4.26. The fourth-order valence-corrected chi connectivity index (χ4v) is 5.19. The summed E-state index contributed by atoms with van der Waals surface area (Å²) in [5.74, 6) is 0. The van der Waals surface area contributed by atoms with E-state index in [4.69, 9.17) is 4.42 Å².